The van der Waals surface area contributed by atoms with Gasteiger partial charge in [0.15, 0.2) is 0 Å². The predicted octanol–water partition coefficient (Wildman–Crippen LogP) is 4.21. The lowest BCUT2D eigenvalue weighted by Gasteiger charge is -2.36. The summed E-state index contributed by atoms with van der Waals surface area (Å²) in [5, 5.41) is 1.50. The summed E-state index contributed by atoms with van der Waals surface area (Å²) in [7, 11) is 0. The second kappa shape index (κ2) is 6.15. The Labute approximate surface area is 137 Å². The molecular formula is C14H17ClIN3O. The summed E-state index contributed by atoms with van der Waals surface area (Å²) < 4.78 is 9.17. The molecule has 2 aromatic heterocycles. The standard InChI is InChI=1S/C14H17ClIN3O/c1-2-3-4-20-10-5-9(6-10)19-7-11(16)12-13(15)17-8-18-14(12)19/h7-10H,2-6H2,1H3. The van der Waals surface area contributed by atoms with Crippen molar-refractivity contribution in [1.82, 2.24) is 14.5 Å². The van der Waals surface area contributed by atoms with Crippen molar-refractivity contribution in [2.75, 3.05) is 6.61 Å². The number of halogens is 2. The monoisotopic (exact) mass is 405 g/mol. The molecule has 2 heterocycles. The average molecular weight is 406 g/mol. The molecule has 0 aliphatic heterocycles. The van der Waals surface area contributed by atoms with Crippen LogP contribution < -0.4 is 0 Å². The molecule has 0 spiro atoms. The third-order valence-electron chi connectivity index (χ3n) is 3.83. The van der Waals surface area contributed by atoms with E-state index in [4.69, 9.17) is 16.3 Å². The summed E-state index contributed by atoms with van der Waals surface area (Å²) in [6.07, 6.45) is 8.51. The van der Waals surface area contributed by atoms with Crippen LogP contribution in [-0.2, 0) is 4.74 Å². The largest absolute Gasteiger partial charge is 0.378 e. The lowest BCUT2D eigenvalue weighted by Crippen LogP contribution is -2.33. The number of hydrogen-bond donors (Lipinski definition) is 0. The van der Waals surface area contributed by atoms with Gasteiger partial charge in [-0.2, -0.15) is 0 Å². The highest BCUT2D eigenvalue weighted by Gasteiger charge is 2.32. The van der Waals surface area contributed by atoms with Gasteiger partial charge in [-0.25, -0.2) is 9.97 Å². The molecule has 0 N–H and O–H groups in total. The van der Waals surface area contributed by atoms with Crippen LogP contribution in [0.2, 0.25) is 5.15 Å². The van der Waals surface area contributed by atoms with Crippen molar-refractivity contribution in [1.29, 1.82) is 0 Å². The van der Waals surface area contributed by atoms with E-state index in [1.54, 1.807) is 0 Å². The fourth-order valence-electron chi connectivity index (χ4n) is 2.58. The highest BCUT2D eigenvalue weighted by Crippen LogP contribution is 2.38. The Hall–Kier alpha value is -0.400. The molecule has 1 saturated carbocycles. The summed E-state index contributed by atoms with van der Waals surface area (Å²) in [5.74, 6) is 0. The van der Waals surface area contributed by atoms with Gasteiger partial charge in [0.2, 0.25) is 0 Å². The maximum absolute atomic E-state index is 6.16. The molecule has 2 aromatic rings. The second-order valence-corrected chi connectivity index (χ2v) is 6.74. The van der Waals surface area contributed by atoms with Gasteiger partial charge < -0.3 is 9.30 Å². The molecule has 1 fully saturated rings. The summed E-state index contributed by atoms with van der Waals surface area (Å²) >= 11 is 8.46. The maximum Gasteiger partial charge on any atom is 0.146 e. The number of aromatic nitrogens is 3. The van der Waals surface area contributed by atoms with Gasteiger partial charge in [-0.15, -0.1) is 0 Å². The minimum atomic E-state index is 0.402. The zero-order valence-corrected chi connectivity index (χ0v) is 14.3. The van der Waals surface area contributed by atoms with E-state index < -0.39 is 0 Å². The summed E-state index contributed by atoms with van der Waals surface area (Å²) in [6.45, 7) is 3.07. The molecule has 3 rings (SSSR count). The molecule has 0 aromatic carbocycles. The van der Waals surface area contributed by atoms with Gasteiger partial charge in [0.1, 0.15) is 17.1 Å². The number of fused-ring (bicyclic) bond motifs is 1. The number of nitrogens with zero attached hydrogens (tertiary/aromatic N) is 3. The van der Waals surface area contributed by atoms with Crippen LogP contribution in [0.15, 0.2) is 12.5 Å². The first-order valence-corrected chi connectivity index (χ1v) is 8.44. The number of rotatable bonds is 5. The summed E-state index contributed by atoms with van der Waals surface area (Å²) in [4.78, 5) is 8.45. The van der Waals surface area contributed by atoms with Gasteiger partial charge in [-0.05, 0) is 41.9 Å². The van der Waals surface area contributed by atoms with E-state index in [0.29, 0.717) is 17.3 Å². The van der Waals surface area contributed by atoms with E-state index in [1.807, 2.05) is 0 Å². The van der Waals surface area contributed by atoms with Gasteiger partial charge >= 0.3 is 0 Å². The van der Waals surface area contributed by atoms with E-state index in [9.17, 15) is 0 Å². The molecule has 0 unspecified atom stereocenters. The van der Waals surface area contributed by atoms with Crippen molar-refractivity contribution in [2.45, 2.75) is 44.8 Å². The van der Waals surface area contributed by atoms with Gasteiger partial charge in [0.25, 0.3) is 0 Å². The average Bonchev–Trinajstić information content (AvgIpc) is 2.71. The molecule has 1 aliphatic carbocycles. The van der Waals surface area contributed by atoms with Crippen LogP contribution >= 0.6 is 34.2 Å². The van der Waals surface area contributed by atoms with Crippen LogP contribution in [0.4, 0.5) is 0 Å². The van der Waals surface area contributed by atoms with Crippen LogP contribution in [0.1, 0.15) is 38.6 Å². The lowest BCUT2D eigenvalue weighted by molar-refractivity contribution is -0.0259. The number of ether oxygens (including phenoxy) is 1. The van der Waals surface area contributed by atoms with Crippen LogP contribution in [0.5, 0.6) is 0 Å². The Morgan fingerprint density at radius 3 is 3.00 bits per heavy atom. The van der Waals surface area contributed by atoms with E-state index in [1.165, 1.54) is 12.7 Å². The van der Waals surface area contributed by atoms with Gasteiger partial charge in [0.05, 0.1) is 11.5 Å². The quantitative estimate of drug-likeness (QED) is 0.425. The highest BCUT2D eigenvalue weighted by atomic mass is 127. The van der Waals surface area contributed by atoms with Crippen molar-refractivity contribution in [3.8, 4) is 0 Å². The first-order valence-electron chi connectivity index (χ1n) is 6.98. The lowest BCUT2D eigenvalue weighted by atomic mass is 9.89. The Kier molecular flexibility index (Phi) is 4.47. The Morgan fingerprint density at radius 2 is 2.25 bits per heavy atom. The molecule has 0 amide bonds. The Morgan fingerprint density at radius 1 is 1.45 bits per heavy atom. The molecule has 108 valence electrons. The number of hydrogen-bond acceptors (Lipinski definition) is 3. The van der Waals surface area contributed by atoms with Crippen molar-refractivity contribution in [2.24, 2.45) is 0 Å². The minimum Gasteiger partial charge on any atom is -0.378 e. The zero-order valence-electron chi connectivity index (χ0n) is 11.4. The van der Waals surface area contributed by atoms with Crippen LogP contribution in [-0.4, -0.2) is 27.2 Å². The van der Waals surface area contributed by atoms with Crippen molar-refractivity contribution < 1.29 is 4.74 Å². The van der Waals surface area contributed by atoms with Crippen LogP contribution in [0.25, 0.3) is 11.0 Å². The minimum absolute atomic E-state index is 0.402. The SMILES string of the molecule is CCCCOC1CC(n2cc(I)c3c(Cl)ncnc32)C1. The third-order valence-corrected chi connectivity index (χ3v) is 4.94. The second-order valence-electron chi connectivity index (χ2n) is 5.22. The van der Waals surface area contributed by atoms with E-state index >= 15 is 0 Å². The summed E-state index contributed by atoms with van der Waals surface area (Å²) in [6, 6.07) is 0.471. The van der Waals surface area contributed by atoms with Crippen LogP contribution in [0.3, 0.4) is 0 Å². The molecule has 0 atom stereocenters. The van der Waals surface area contributed by atoms with E-state index in [-0.39, 0.29) is 0 Å². The molecule has 1 aliphatic rings. The van der Waals surface area contributed by atoms with Crippen molar-refractivity contribution in [3.05, 3.63) is 21.2 Å². The highest BCUT2D eigenvalue weighted by molar-refractivity contribution is 14.1. The summed E-state index contributed by atoms with van der Waals surface area (Å²) in [5.41, 5.74) is 0.936. The molecule has 0 radical (unpaired) electrons. The topological polar surface area (TPSA) is 39.9 Å². The van der Waals surface area contributed by atoms with E-state index in [0.717, 1.165) is 40.5 Å². The fourth-order valence-corrected chi connectivity index (χ4v) is 3.76. The zero-order chi connectivity index (χ0) is 14.1. The molecule has 6 heteroatoms. The van der Waals surface area contributed by atoms with E-state index in [2.05, 4.69) is 50.2 Å². The maximum atomic E-state index is 6.16. The normalized spacial score (nSPS) is 22.1. The smallest absolute Gasteiger partial charge is 0.146 e. The predicted molar refractivity (Wildman–Crippen MR) is 88.2 cm³/mol. The molecule has 20 heavy (non-hydrogen) atoms. The Balaban J connectivity index is 1.72. The number of unbranched alkanes of at least 4 members (excludes halogenated alkanes) is 1. The van der Waals surface area contributed by atoms with Crippen LogP contribution in [0, 0.1) is 3.57 Å². The van der Waals surface area contributed by atoms with Crippen molar-refractivity contribution >= 4 is 45.2 Å². The first-order chi connectivity index (χ1) is 9.70. The fraction of sp³-hybridized carbons (Fsp3) is 0.571. The molecule has 0 bridgehead atoms. The first kappa shape index (κ1) is 14.5. The Bertz CT molecular complexity index is 610. The molecule has 0 saturated heterocycles. The molecule has 4 nitrogen and oxygen atoms in total. The van der Waals surface area contributed by atoms with Crippen molar-refractivity contribution in [3.63, 3.8) is 0 Å². The van der Waals surface area contributed by atoms with Gasteiger partial charge in [-0.1, -0.05) is 24.9 Å². The molecular weight excluding hydrogens is 389 g/mol. The van der Waals surface area contributed by atoms with Gasteiger partial charge in [0, 0.05) is 22.4 Å². The van der Waals surface area contributed by atoms with Gasteiger partial charge in [-0.3, -0.25) is 0 Å². The third kappa shape index (κ3) is 2.67.